The molecule has 3 rings (SSSR count). The third-order valence-electron chi connectivity index (χ3n) is 4.87. The van der Waals surface area contributed by atoms with E-state index < -0.39 is 10.0 Å². The highest BCUT2D eigenvalue weighted by Crippen LogP contribution is 2.20. The van der Waals surface area contributed by atoms with Crippen molar-refractivity contribution in [2.45, 2.75) is 49.7 Å². The minimum absolute atomic E-state index is 0.00394. The van der Waals surface area contributed by atoms with Crippen LogP contribution in [0, 0.1) is 6.92 Å². The Kier molecular flexibility index (Phi) is 4.93. The first kappa shape index (κ1) is 17.4. The van der Waals surface area contributed by atoms with E-state index in [0.29, 0.717) is 17.9 Å². The van der Waals surface area contributed by atoms with Crippen LogP contribution < -0.4 is 10.0 Å². The molecular weight excluding hydrogens is 330 g/mol. The van der Waals surface area contributed by atoms with Crippen LogP contribution in [0.4, 0.5) is 0 Å². The van der Waals surface area contributed by atoms with Gasteiger partial charge in [-0.15, -0.1) is 0 Å². The predicted molar refractivity (Wildman–Crippen MR) is 88.9 cm³/mol. The Labute approximate surface area is 142 Å². The standard InChI is InChI=1S/C15H25N5O3S/c1-11-17-14(10-19(11)2)24(22,23)16-7-5-15(21)20-8-6-12-3-4-13(9-20)18-12/h10,12-13,16,18H,3-9H2,1-2H3. The number of nitrogens with one attached hydrogen (secondary N) is 2. The Morgan fingerprint density at radius 2 is 2.12 bits per heavy atom. The molecule has 2 bridgehead atoms. The molecule has 1 aromatic heterocycles. The van der Waals surface area contributed by atoms with Gasteiger partial charge in [-0.05, 0) is 26.2 Å². The minimum Gasteiger partial charge on any atom is -0.341 e. The van der Waals surface area contributed by atoms with Crippen LogP contribution in [0.2, 0.25) is 0 Å². The predicted octanol–water partition coefficient (Wildman–Crippen LogP) is -0.250. The Morgan fingerprint density at radius 1 is 1.38 bits per heavy atom. The monoisotopic (exact) mass is 355 g/mol. The van der Waals surface area contributed by atoms with Crippen LogP contribution >= 0.6 is 0 Å². The van der Waals surface area contributed by atoms with Gasteiger partial charge >= 0.3 is 0 Å². The summed E-state index contributed by atoms with van der Waals surface area (Å²) in [4.78, 5) is 18.2. The molecule has 2 saturated heterocycles. The SMILES string of the molecule is Cc1nc(S(=O)(=O)NCCC(=O)N2CCC3CCC(C2)N3)cn1C. The summed E-state index contributed by atoms with van der Waals surface area (Å²) >= 11 is 0. The molecule has 2 atom stereocenters. The smallest absolute Gasteiger partial charge is 0.259 e. The molecule has 134 valence electrons. The molecule has 0 radical (unpaired) electrons. The van der Waals surface area contributed by atoms with Gasteiger partial charge in [0, 0.05) is 51.4 Å². The van der Waals surface area contributed by atoms with E-state index in [1.54, 1.807) is 18.5 Å². The van der Waals surface area contributed by atoms with Crippen LogP contribution in [0.25, 0.3) is 0 Å². The number of likely N-dealkylation sites (tertiary alicyclic amines) is 1. The van der Waals surface area contributed by atoms with Gasteiger partial charge in [-0.25, -0.2) is 18.1 Å². The molecule has 0 aromatic carbocycles. The Balaban J connectivity index is 1.51. The molecule has 1 aromatic rings. The van der Waals surface area contributed by atoms with E-state index in [2.05, 4.69) is 15.0 Å². The van der Waals surface area contributed by atoms with Crippen LogP contribution in [0.3, 0.4) is 0 Å². The minimum atomic E-state index is -3.67. The molecular formula is C15H25N5O3S. The highest BCUT2D eigenvalue weighted by Gasteiger charge is 2.31. The second-order valence-corrected chi connectivity index (χ2v) is 8.37. The van der Waals surface area contributed by atoms with Crippen molar-refractivity contribution in [2.24, 2.45) is 7.05 Å². The van der Waals surface area contributed by atoms with E-state index in [4.69, 9.17) is 0 Å². The lowest BCUT2D eigenvalue weighted by Crippen LogP contribution is -2.40. The van der Waals surface area contributed by atoms with Crippen LogP contribution in [-0.2, 0) is 21.9 Å². The molecule has 24 heavy (non-hydrogen) atoms. The highest BCUT2D eigenvalue weighted by atomic mass is 32.2. The number of amides is 1. The maximum Gasteiger partial charge on any atom is 0.259 e. The number of aryl methyl sites for hydroxylation is 2. The van der Waals surface area contributed by atoms with E-state index in [0.717, 1.165) is 25.9 Å². The fourth-order valence-electron chi connectivity index (χ4n) is 3.35. The van der Waals surface area contributed by atoms with Crippen LogP contribution in [0.1, 0.15) is 31.5 Å². The van der Waals surface area contributed by atoms with Crippen LogP contribution in [-0.4, -0.2) is 60.5 Å². The number of rotatable bonds is 5. The molecule has 0 saturated carbocycles. The van der Waals surface area contributed by atoms with Crippen molar-refractivity contribution in [3.8, 4) is 0 Å². The number of nitrogens with zero attached hydrogens (tertiary/aromatic N) is 3. The average molecular weight is 355 g/mol. The molecule has 2 aliphatic heterocycles. The van der Waals surface area contributed by atoms with E-state index >= 15 is 0 Å². The van der Waals surface area contributed by atoms with E-state index in [-0.39, 0.29) is 23.9 Å². The maximum absolute atomic E-state index is 12.4. The fraction of sp³-hybridized carbons (Fsp3) is 0.733. The molecule has 2 N–H and O–H groups in total. The molecule has 0 spiro atoms. The van der Waals surface area contributed by atoms with Crippen molar-refractivity contribution in [1.29, 1.82) is 0 Å². The summed E-state index contributed by atoms with van der Waals surface area (Å²) in [5.41, 5.74) is 0. The molecule has 1 amide bonds. The highest BCUT2D eigenvalue weighted by molar-refractivity contribution is 7.89. The molecule has 2 unspecified atom stereocenters. The zero-order valence-electron chi connectivity index (χ0n) is 14.2. The molecule has 9 heteroatoms. The second-order valence-electron chi connectivity index (χ2n) is 6.65. The largest absolute Gasteiger partial charge is 0.341 e. The summed E-state index contributed by atoms with van der Waals surface area (Å²) in [6.07, 6.45) is 4.91. The zero-order chi connectivity index (χ0) is 17.3. The first-order valence-corrected chi connectivity index (χ1v) is 9.87. The topological polar surface area (TPSA) is 96.3 Å². The van der Waals surface area contributed by atoms with Crippen molar-refractivity contribution in [2.75, 3.05) is 19.6 Å². The molecule has 2 fully saturated rings. The molecule has 3 heterocycles. The first-order chi connectivity index (χ1) is 11.3. The Hall–Kier alpha value is -1.45. The second kappa shape index (κ2) is 6.81. The normalized spacial score (nSPS) is 24.2. The third-order valence-corrected chi connectivity index (χ3v) is 6.20. The molecule has 0 aliphatic carbocycles. The number of hydrogen-bond donors (Lipinski definition) is 2. The zero-order valence-corrected chi connectivity index (χ0v) is 15.0. The summed E-state index contributed by atoms with van der Waals surface area (Å²) in [7, 11) is -1.93. The van der Waals surface area contributed by atoms with E-state index in [1.165, 1.54) is 12.6 Å². The van der Waals surface area contributed by atoms with Crippen LogP contribution in [0.5, 0.6) is 0 Å². The van der Waals surface area contributed by atoms with Crippen molar-refractivity contribution >= 4 is 15.9 Å². The van der Waals surface area contributed by atoms with Crippen molar-refractivity contribution in [3.05, 3.63) is 12.0 Å². The Bertz CT molecular complexity index is 695. The summed E-state index contributed by atoms with van der Waals surface area (Å²) < 4.78 is 28.5. The van der Waals surface area contributed by atoms with E-state index in [1.807, 2.05) is 4.90 Å². The van der Waals surface area contributed by atoms with Gasteiger partial charge in [0.25, 0.3) is 10.0 Å². The molecule has 2 aliphatic rings. The quantitative estimate of drug-likeness (QED) is 0.759. The molecule has 8 nitrogen and oxygen atoms in total. The Morgan fingerprint density at radius 3 is 2.83 bits per heavy atom. The summed E-state index contributed by atoms with van der Waals surface area (Å²) in [6.45, 7) is 3.30. The van der Waals surface area contributed by atoms with Crippen molar-refractivity contribution in [3.63, 3.8) is 0 Å². The number of sulfonamides is 1. The summed E-state index contributed by atoms with van der Waals surface area (Å²) in [5.74, 6) is 0.628. The van der Waals surface area contributed by atoms with Gasteiger partial charge < -0.3 is 14.8 Å². The number of carbonyl (C=O) groups is 1. The first-order valence-electron chi connectivity index (χ1n) is 8.38. The van der Waals surface area contributed by atoms with Crippen LogP contribution in [0.15, 0.2) is 11.2 Å². The van der Waals surface area contributed by atoms with Gasteiger partial charge in [-0.2, -0.15) is 0 Å². The third kappa shape index (κ3) is 3.79. The van der Waals surface area contributed by atoms with E-state index in [9.17, 15) is 13.2 Å². The fourth-order valence-corrected chi connectivity index (χ4v) is 4.42. The maximum atomic E-state index is 12.4. The number of carbonyl (C=O) groups excluding carboxylic acids is 1. The van der Waals surface area contributed by atoms with Gasteiger partial charge in [0.15, 0.2) is 5.03 Å². The average Bonchev–Trinajstić information content (AvgIpc) is 3.02. The van der Waals surface area contributed by atoms with Gasteiger partial charge in [0.1, 0.15) is 5.82 Å². The number of aromatic nitrogens is 2. The number of fused-ring (bicyclic) bond motifs is 2. The van der Waals surface area contributed by atoms with Gasteiger partial charge in [0.2, 0.25) is 5.91 Å². The van der Waals surface area contributed by atoms with Gasteiger partial charge in [-0.3, -0.25) is 4.79 Å². The lowest BCUT2D eigenvalue weighted by molar-refractivity contribution is -0.131. The summed E-state index contributed by atoms with van der Waals surface area (Å²) in [6, 6.07) is 0.910. The number of imidazole rings is 1. The van der Waals surface area contributed by atoms with Crippen molar-refractivity contribution < 1.29 is 13.2 Å². The summed E-state index contributed by atoms with van der Waals surface area (Å²) in [5, 5.41) is 3.52. The number of hydrogen-bond acceptors (Lipinski definition) is 5. The van der Waals surface area contributed by atoms with Gasteiger partial charge in [0.05, 0.1) is 0 Å². The lowest BCUT2D eigenvalue weighted by Gasteiger charge is -2.24. The van der Waals surface area contributed by atoms with Gasteiger partial charge in [-0.1, -0.05) is 0 Å². The lowest BCUT2D eigenvalue weighted by atomic mass is 10.1. The van der Waals surface area contributed by atoms with Crippen molar-refractivity contribution in [1.82, 2.24) is 24.5 Å².